The average Bonchev–Trinajstić information content (AvgIpc) is 2.38. The SMILES string of the molecule is CC(C)(C)CCN1CCC2(CCN(C=O)CC2)CC1. The lowest BCUT2D eigenvalue weighted by Crippen LogP contribution is -2.46. The van der Waals surface area contributed by atoms with Gasteiger partial charge < -0.3 is 9.80 Å². The van der Waals surface area contributed by atoms with Gasteiger partial charge in [0.1, 0.15) is 0 Å². The summed E-state index contributed by atoms with van der Waals surface area (Å²) in [6, 6.07) is 0. The number of carbonyl (C=O) groups is 1. The molecule has 0 saturated carbocycles. The summed E-state index contributed by atoms with van der Waals surface area (Å²) in [5.74, 6) is 0. The second-order valence-corrected chi connectivity index (χ2v) is 7.79. The van der Waals surface area contributed by atoms with E-state index < -0.39 is 0 Å². The van der Waals surface area contributed by atoms with Gasteiger partial charge in [-0.25, -0.2) is 0 Å². The largest absolute Gasteiger partial charge is 0.345 e. The molecule has 0 aromatic rings. The maximum absolute atomic E-state index is 10.8. The monoisotopic (exact) mass is 266 g/mol. The smallest absolute Gasteiger partial charge is 0.209 e. The molecule has 2 aliphatic heterocycles. The van der Waals surface area contributed by atoms with Gasteiger partial charge in [0.2, 0.25) is 6.41 Å². The van der Waals surface area contributed by atoms with E-state index in [0.717, 1.165) is 19.5 Å². The van der Waals surface area contributed by atoms with E-state index in [4.69, 9.17) is 0 Å². The minimum atomic E-state index is 0.449. The molecule has 2 rings (SSSR count). The van der Waals surface area contributed by atoms with E-state index in [1.54, 1.807) is 0 Å². The van der Waals surface area contributed by atoms with Crippen LogP contribution in [-0.4, -0.2) is 48.9 Å². The fourth-order valence-corrected chi connectivity index (χ4v) is 3.35. The van der Waals surface area contributed by atoms with Crippen LogP contribution in [0.25, 0.3) is 0 Å². The third-order valence-electron chi connectivity index (χ3n) is 5.10. The first-order valence-corrected chi connectivity index (χ1v) is 7.84. The Balaban J connectivity index is 1.75. The molecule has 0 N–H and O–H groups in total. The van der Waals surface area contributed by atoms with Crippen molar-refractivity contribution in [2.75, 3.05) is 32.7 Å². The van der Waals surface area contributed by atoms with Gasteiger partial charge in [-0.05, 0) is 62.6 Å². The van der Waals surface area contributed by atoms with Crippen molar-refractivity contribution >= 4 is 6.41 Å². The zero-order valence-electron chi connectivity index (χ0n) is 13.0. The molecule has 1 spiro atoms. The van der Waals surface area contributed by atoms with Crippen LogP contribution >= 0.6 is 0 Å². The van der Waals surface area contributed by atoms with Gasteiger partial charge in [0.25, 0.3) is 0 Å². The predicted octanol–water partition coefficient (Wildman–Crippen LogP) is 2.76. The molecular weight excluding hydrogens is 236 g/mol. The lowest BCUT2D eigenvalue weighted by Gasteiger charge is -2.46. The molecule has 2 aliphatic rings. The van der Waals surface area contributed by atoms with Gasteiger partial charge in [-0.1, -0.05) is 20.8 Å². The van der Waals surface area contributed by atoms with Crippen LogP contribution in [0, 0.1) is 10.8 Å². The summed E-state index contributed by atoms with van der Waals surface area (Å²) in [4.78, 5) is 15.4. The first kappa shape index (κ1) is 14.8. The quantitative estimate of drug-likeness (QED) is 0.733. The van der Waals surface area contributed by atoms with E-state index in [1.165, 1.54) is 51.7 Å². The molecule has 0 atom stereocenters. The molecule has 2 fully saturated rings. The molecule has 2 saturated heterocycles. The zero-order valence-corrected chi connectivity index (χ0v) is 13.0. The molecule has 2 heterocycles. The average molecular weight is 266 g/mol. The fourth-order valence-electron chi connectivity index (χ4n) is 3.35. The van der Waals surface area contributed by atoms with Crippen LogP contribution in [0.2, 0.25) is 0 Å². The Labute approximate surface area is 118 Å². The highest BCUT2D eigenvalue weighted by Crippen LogP contribution is 2.41. The summed E-state index contributed by atoms with van der Waals surface area (Å²) in [7, 11) is 0. The van der Waals surface area contributed by atoms with E-state index >= 15 is 0 Å². The molecule has 1 amide bonds. The van der Waals surface area contributed by atoms with Crippen LogP contribution in [-0.2, 0) is 4.79 Å². The van der Waals surface area contributed by atoms with E-state index in [-0.39, 0.29) is 0 Å². The Hall–Kier alpha value is -0.570. The van der Waals surface area contributed by atoms with Gasteiger partial charge >= 0.3 is 0 Å². The molecule has 3 heteroatoms. The van der Waals surface area contributed by atoms with Gasteiger partial charge in [-0.2, -0.15) is 0 Å². The lowest BCUT2D eigenvalue weighted by molar-refractivity contribution is -0.120. The summed E-state index contributed by atoms with van der Waals surface area (Å²) in [5, 5.41) is 0. The van der Waals surface area contributed by atoms with Crippen molar-refractivity contribution in [3.05, 3.63) is 0 Å². The first-order chi connectivity index (χ1) is 8.92. The Morgan fingerprint density at radius 1 is 1.00 bits per heavy atom. The summed E-state index contributed by atoms with van der Waals surface area (Å²) < 4.78 is 0. The third kappa shape index (κ3) is 4.20. The number of likely N-dealkylation sites (tertiary alicyclic amines) is 2. The van der Waals surface area contributed by atoms with Crippen molar-refractivity contribution < 1.29 is 4.79 Å². The summed E-state index contributed by atoms with van der Waals surface area (Å²) in [5.41, 5.74) is 1.00. The number of carbonyl (C=O) groups excluding carboxylic acids is 1. The molecule has 3 nitrogen and oxygen atoms in total. The number of nitrogens with zero attached hydrogens (tertiary/aromatic N) is 2. The molecule has 0 radical (unpaired) electrons. The van der Waals surface area contributed by atoms with Crippen LogP contribution in [0.4, 0.5) is 0 Å². The zero-order chi connectivity index (χ0) is 13.9. The van der Waals surface area contributed by atoms with Crippen molar-refractivity contribution in [2.24, 2.45) is 10.8 Å². The Morgan fingerprint density at radius 2 is 1.53 bits per heavy atom. The second-order valence-electron chi connectivity index (χ2n) is 7.79. The first-order valence-electron chi connectivity index (χ1n) is 7.84. The number of hydrogen-bond acceptors (Lipinski definition) is 2. The highest BCUT2D eigenvalue weighted by atomic mass is 16.1. The minimum absolute atomic E-state index is 0.449. The van der Waals surface area contributed by atoms with Gasteiger partial charge in [-0.15, -0.1) is 0 Å². The van der Waals surface area contributed by atoms with Crippen LogP contribution in [0.5, 0.6) is 0 Å². The molecule has 0 aromatic carbocycles. The van der Waals surface area contributed by atoms with Crippen molar-refractivity contribution in [2.45, 2.75) is 52.9 Å². The maximum Gasteiger partial charge on any atom is 0.209 e. The van der Waals surface area contributed by atoms with E-state index in [9.17, 15) is 4.79 Å². The molecule has 0 aliphatic carbocycles. The van der Waals surface area contributed by atoms with Gasteiger partial charge in [0, 0.05) is 13.1 Å². The van der Waals surface area contributed by atoms with E-state index in [2.05, 4.69) is 25.7 Å². The molecule has 110 valence electrons. The summed E-state index contributed by atoms with van der Waals surface area (Å²) in [6.07, 6.45) is 7.43. The highest BCUT2D eigenvalue weighted by Gasteiger charge is 2.37. The topological polar surface area (TPSA) is 23.6 Å². The van der Waals surface area contributed by atoms with E-state index in [0.29, 0.717) is 10.8 Å². The normalized spacial score (nSPS) is 24.7. The van der Waals surface area contributed by atoms with Gasteiger partial charge in [0.05, 0.1) is 0 Å². The standard InChI is InChI=1S/C16H30N2O/c1-15(2,3)4-9-17-10-5-16(6-11-17)7-12-18(14-19)13-8-16/h14H,4-13H2,1-3H3. The molecular formula is C16H30N2O. The third-order valence-corrected chi connectivity index (χ3v) is 5.10. The van der Waals surface area contributed by atoms with Crippen LogP contribution in [0.3, 0.4) is 0 Å². The lowest BCUT2D eigenvalue weighted by atomic mass is 9.71. The summed E-state index contributed by atoms with van der Waals surface area (Å²) >= 11 is 0. The molecule has 0 bridgehead atoms. The number of piperidine rings is 2. The van der Waals surface area contributed by atoms with E-state index in [1.807, 2.05) is 4.90 Å². The molecule has 19 heavy (non-hydrogen) atoms. The second kappa shape index (κ2) is 5.82. The fraction of sp³-hybridized carbons (Fsp3) is 0.938. The van der Waals surface area contributed by atoms with Gasteiger partial charge in [0.15, 0.2) is 0 Å². The van der Waals surface area contributed by atoms with Crippen molar-refractivity contribution in [3.63, 3.8) is 0 Å². The predicted molar refractivity (Wildman–Crippen MR) is 79.1 cm³/mol. The van der Waals surface area contributed by atoms with Crippen LogP contribution < -0.4 is 0 Å². The number of hydrogen-bond donors (Lipinski definition) is 0. The minimum Gasteiger partial charge on any atom is -0.345 e. The number of amides is 1. The maximum atomic E-state index is 10.8. The Bertz CT molecular complexity index is 290. The van der Waals surface area contributed by atoms with Gasteiger partial charge in [-0.3, -0.25) is 4.79 Å². The Morgan fingerprint density at radius 3 is 2.00 bits per heavy atom. The van der Waals surface area contributed by atoms with Crippen molar-refractivity contribution in [1.82, 2.24) is 9.80 Å². The van der Waals surface area contributed by atoms with Crippen molar-refractivity contribution in [3.8, 4) is 0 Å². The summed E-state index contributed by atoms with van der Waals surface area (Å²) in [6.45, 7) is 12.7. The molecule has 0 aromatic heterocycles. The van der Waals surface area contributed by atoms with Crippen LogP contribution in [0.15, 0.2) is 0 Å². The highest BCUT2D eigenvalue weighted by molar-refractivity contribution is 5.47. The van der Waals surface area contributed by atoms with Crippen LogP contribution in [0.1, 0.15) is 52.9 Å². The molecule has 0 unspecified atom stereocenters. The van der Waals surface area contributed by atoms with Crippen molar-refractivity contribution in [1.29, 1.82) is 0 Å². The number of rotatable bonds is 3. The Kier molecular flexibility index (Phi) is 4.54.